The molecule has 1 aliphatic carbocycles. The third-order valence-electron chi connectivity index (χ3n) is 3.50. The van der Waals surface area contributed by atoms with Crippen molar-refractivity contribution in [3.05, 3.63) is 29.8 Å². The van der Waals surface area contributed by atoms with Crippen LogP contribution in [0.3, 0.4) is 0 Å². The number of hydrogen-bond acceptors (Lipinski definition) is 1. The first-order chi connectivity index (χ1) is 7.75. The topological polar surface area (TPSA) is 20.2 Å². The zero-order valence-corrected chi connectivity index (χ0v) is 11.1. The molecule has 1 aromatic carbocycles. The number of alkyl halides is 1. The molecule has 1 fully saturated rings. The van der Waals surface area contributed by atoms with Gasteiger partial charge in [-0.15, -0.1) is 0 Å². The molecule has 1 aliphatic rings. The number of rotatable bonds is 2. The Kier molecular flexibility index (Phi) is 4.28. The molecular weight excluding hydrogens is 264 g/mol. The summed E-state index contributed by atoms with van der Waals surface area (Å²) in [7, 11) is 0. The Bertz CT molecular complexity index is 320. The SMILES string of the molecule is Oc1ccc(CC2CCCCCC2Br)cc1. The van der Waals surface area contributed by atoms with E-state index < -0.39 is 0 Å². The van der Waals surface area contributed by atoms with Gasteiger partial charge >= 0.3 is 0 Å². The summed E-state index contributed by atoms with van der Waals surface area (Å²) in [5.41, 5.74) is 1.34. The van der Waals surface area contributed by atoms with E-state index in [-0.39, 0.29) is 0 Å². The molecule has 1 saturated carbocycles. The van der Waals surface area contributed by atoms with E-state index in [1.807, 2.05) is 12.1 Å². The predicted octanol–water partition coefficient (Wildman–Crippen LogP) is 4.28. The van der Waals surface area contributed by atoms with Gasteiger partial charge in [0.05, 0.1) is 0 Å². The number of hydrogen-bond donors (Lipinski definition) is 1. The minimum Gasteiger partial charge on any atom is -0.508 e. The van der Waals surface area contributed by atoms with Gasteiger partial charge in [-0.2, -0.15) is 0 Å². The van der Waals surface area contributed by atoms with Crippen molar-refractivity contribution in [1.82, 2.24) is 0 Å². The second-order valence-electron chi connectivity index (χ2n) is 4.78. The first kappa shape index (κ1) is 12.0. The van der Waals surface area contributed by atoms with Crippen LogP contribution in [0.2, 0.25) is 0 Å². The lowest BCUT2D eigenvalue weighted by atomic mass is 9.92. The molecule has 2 rings (SSSR count). The second kappa shape index (κ2) is 5.72. The second-order valence-corrected chi connectivity index (χ2v) is 5.96. The molecule has 1 aromatic rings. The van der Waals surface area contributed by atoms with Gasteiger partial charge in [-0.25, -0.2) is 0 Å². The van der Waals surface area contributed by atoms with Gasteiger partial charge in [0.25, 0.3) is 0 Å². The quantitative estimate of drug-likeness (QED) is 0.634. The Balaban J connectivity index is 1.99. The summed E-state index contributed by atoms with van der Waals surface area (Å²) >= 11 is 3.83. The Morgan fingerprint density at radius 2 is 1.75 bits per heavy atom. The Morgan fingerprint density at radius 1 is 1.06 bits per heavy atom. The van der Waals surface area contributed by atoms with Crippen molar-refractivity contribution in [1.29, 1.82) is 0 Å². The average molecular weight is 283 g/mol. The van der Waals surface area contributed by atoms with Crippen LogP contribution < -0.4 is 0 Å². The zero-order valence-electron chi connectivity index (χ0n) is 9.53. The van der Waals surface area contributed by atoms with Crippen LogP contribution in [0.1, 0.15) is 37.7 Å². The first-order valence-corrected chi connectivity index (χ1v) is 7.09. The summed E-state index contributed by atoms with van der Waals surface area (Å²) in [4.78, 5) is 0.670. The van der Waals surface area contributed by atoms with E-state index in [0.717, 1.165) is 12.3 Å². The third-order valence-corrected chi connectivity index (χ3v) is 4.71. The summed E-state index contributed by atoms with van der Waals surface area (Å²) in [6.07, 6.45) is 7.89. The zero-order chi connectivity index (χ0) is 11.4. The molecule has 0 bridgehead atoms. The molecule has 0 heterocycles. The normalized spacial score (nSPS) is 26.3. The number of benzene rings is 1. The van der Waals surface area contributed by atoms with Gasteiger partial charge in [-0.1, -0.05) is 47.3 Å². The van der Waals surface area contributed by atoms with E-state index in [1.54, 1.807) is 12.1 Å². The minimum atomic E-state index is 0.361. The van der Waals surface area contributed by atoms with Crippen molar-refractivity contribution < 1.29 is 5.11 Å². The van der Waals surface area contributed by atoms with E-state index in [0.29, 0.717) is 10.6 Å². The lowest BCUT2D eigenvalue weighted by Crippen LogP contribution is -2.15. The highest BCUT2D eigenvalue weighted by molar-refractivity contribution is 9.09. The van der Waals surface area contributed by atoms with Crippen LogP contribution in [0.4, 0.5) is 0 Å². The van der Waals surface area contributed by atoms with Crippen molar-refractivity contribution in [2.75, 3.05) is 0 Å². The van der Waals surface area contributed by atoms with Crippen LogP contribution in [0.5, 0.6) is 5.75 Å². The standard InChI is InChI=1S/C14H19BrO/c15-14-5-3-1-2-4-12(14)10-11-6-8-13(16)9-7-11/h6-9,12,14,16H,1-5,10H2. The van der Waals surface area contributed by atoms with Gasteiger partial charge < -0.3 is 5.11 Å². The summed E-state index contributed by atoms with van der Waals surface area (Å²) < 4.78 is 0. The van der Waals surface area contributed by atoms with Gasteiger partial charge in [0.2, 0.25) is 0 Å². The number of aromatic hydroxyl groups is 1. The van der Waals surface area contributed by atoms with Gasteiger partial charge in [0.1, 0.15) is 5.75 Å². The van der Waals surface area contributed by atoms with Crippen molar-refractivity contribution >= 4 is 15.9 Å². The fraction of sp³-hybridized carbons (Fsp3) is 0.571. The van der Waals surface area contributed by atoms with Crippen molar-refractivity contribution in [3.8, 4) is 5.75 Å². The Labute approximate surface area is 106 Å². The molecule has 0 saturated heterocycles. The monoisotopic (exact) mass is 282 g/mol. The van der Waals surface area contributed by atoms with Crippen molar-refractivity contribution in [3.63, 3.8) is 0 Å². The summed E-state index contributed by atoms with van der Waals surface area (Å²) in [6, 6.07) is 7.66. The van der Waals surface area contributed by atoms with Crippen LogP contribution in [-0.2, 0) is 6.42 Å². The number of phenols is 1. The predicted molar refractivity (Wildman–Crippen MR) is 71.1 cm³/mol. The molecule has 0 radical (unpaired) electrons. The van der Waals surface area contributed by atoms with E-state index in [2.05, 4.69) is 15.9 Å². The summed E-state index contributed by atoms with van der Waals surface area (Å²) in [5.74, 6) is 1.12. The van der Waals surface area contributed by atoms with Crippen molar-refractivity contribution in [2.24, 2.45) is 5.92 Å². The fourth-order valence-electron chi connectivity index (χ4n) is 2.50. The lowest BCUT2D eigenvalue weighted by molar-refractivity contribution is 0.468. The first-order valence-electron chi connectivity index (χ1n) is 6.17. The van der Waals surface area contributed by atoms with Gasteiger partial charge in [-0.3, -0.25) is 0 Å². The van der Waals surface area contributed by atoms with E-state index in [4.69, 9.17) is 0 Å². The average Bonchev–Trinajstić information content (AvgIpc) is 2.48. The largest absolute Gasteiger partial charge is 0.508 e. The highest BCUT2D eigenvalue weighted by Gasteiger charge is 2.21. The van der Waals surface area contributed by atoms with Crippen molar-refractivity contribution in [2.45, 2.75) is 43.4 Å². The van der Waals surface area contributed by atoms with E-state index in [1.165, 1.54) is 37.7 Å². The molecule has 2 atom stereocenters. The molecule has 88 valence electrons. The van der Waals surface area contributed by atoms with Crippen LogP contribution in [0, 0.1) is 5.92 Å². The molecule has 0 amide bonds. The van der Waals surface area contributed by atoms with Gasteiger partial charge in [0.15, 0.2) is 0 Å². The Morgan fingerprint density at radius 3 is 2.50 bits per heavy atom. The van der Waals surface area contributed by atoms with Gasteiger partial charge in [-0.05, 0) is 42.9 Å². The highest BCUT2D eigenvalue weighted by atomic mass is 79.9. The minimum absolute atomic E-state index is 0.361. The third kappa shape index (κ3) is 3.24. The highest BCUT2D eigenvalue weighted by Crippen LogP contribution is 2.31. The van der Waals surface area contributed by atoms with Crippen LogP contribution >= 0.6 is 15.9 Å². The summed E-state index contributed by atoms with van der Waals surface area (Å²) in [5, 5.41) is 9.25. The summed E-state index contributed by atoms with van der Waals surface area (Å²) in [6.45, 7) is 0. The molecule has 0 aromatic heterocycles. The maximum absolute atomic E-state index is 9.25. The number of phenolic OH excluding ortho intramolecular Hbond substituents is 1. The van der Waals surface area contributed by atoms with E-state index >= 15 is 0 Å². The van der Waals surface area contributed by atoms with Crippen LogP contribution in [-0.4, -0.2) is 9.93 Å². The van der Waals surface area contributed by atoms with E-state index in [9.17, 15) is 5.11 Å². The maximum Gasteiger partial charge on any atom is 0.115 e. The molecule has 0 spiro atoms. The molecule has 0 aliphatic heterocycles. The van der Waals surface area contributed by atoms with Crippen LogP contribution in [0.15, 0.2) is 24.3 Å². The van der Waals surface area contributed by atoms with Crippen LogP contribution in [0.25, 0.3) is 0 Å². The maximum atomic E-state index is 9.25. The molecule has 1 N–H and O–H groups in total. The lowest BCUT2D eigenvalue weighted by Gasteiger charge is -2.19. The number of halogens is 1. The smallest absolute Gasteiger partial charge is 0.115 e. The molecule has 2 heteroatoms. The fourth-order valence-corrected chi connectivity index (χ4v) is 3.28. The molecule has 2 unspecified atom stereocenters. The molecular formula is C14H19BrO. The molecule has 16 heavy (non-hydrogen) atoms. The molecule has 1 nitrogen and oxygen atoms in total. The Hall–Kier alpha value is -0.500. The van der Waals surface area contributed by atoms with Gasteiger partial charge in [0, 0.05) is 4.83 Å².